The molecule has 0 radical (unpaired) electrons. The van der Waals surface area contributed by atoms with Crippen LogP contribution < -0.4 is 4.90 Å². The number of anilines is 1. The first-order valence-corrected chi connectivity index (χ1v) is 11.2. The number of aromatic amines is 1. The van der Waals surface area contributed by atoms with Crippen molar-refractivity contribution in [2.75, 3.05) is 18.1 Å². The molecule has 1 aliphatic rings. The second-order valence-corrected chi connectivity index (χ2v) is 8.65. The molecule has 0 aliphatic carbocycles. The minimum atomic E-state index is -1.48. The summed E-state index contributed by atoms with van der Waals surface area (Å²) in [4.78, 5) is 18.3. The molecule has 9 nitrogen and oxygen atoms in total. The van der Waals surface area contributed by atoms with E-state index in [1.54, 1.807) is 4.90 Å². The first-order valence-electron chi connectivity index (χ1n) is 11.2. The number of aryl methyl sites for hydroxylation is 3. The van der Waals surface area contributed by atoms with Gasteiger partial charge in [-0.1, -0.05) is 36.4 Å². The predicted octanol–water partition coefficient (Wildman–Crippen LogP) is 1.59. The number of nitriles is 1. The number of benzene rings is 2. The predicted molar refractivity (Wildman–Crippen MR) is 124 cm³/mol. The molecule has 0 spiro atoms. The molecular weight excluding hydrogens is 434 g/mol. The van der Waals surface area contributed by atoms with Gasteiger partial charge >= 0.3 is 0 Å². The highest BCUT2D eigenvalue weighted by Crippen LogP contribution is 2.39. The minimum absolute atomic E-state index is 0.0298. The highest BCUT2D eigenvalue weighted by atomic mass is 16.4. The van der Waals surface area contributed by atoms with E-state index in [4.69, 9.17) is 5.26 Å². The molecule has 0 saturated carbocycles. The third-order valence-corrected chi connectivity index (χ3v) is 6.28. The molecule has 1 unspecified atom stereocenters. The molecule has 4 N–H and O–H groups in total. The number of rotatable bonds is 10. The highest BCUT2D eigenvalue weighted by Gasteiger charge is 2.38. The van der Waals surface area contributed by atoms with Crippen LogP contribution in [0.3, 0.4) is 0 Å². The van der Waals surface area contributed by atoms with Crippen LogP contribution in [0.2, 0.25) is 0 Å². The number of β-lactam (4-membered cyclic amide) rings is 1. The molecule has 0 bridgehead atoms. The van der Waals surface area contributed by atoms with E-state index in [1.165, 1.54) is 0 Å². The van der Waals surface area contributed by atoms with Gasteiger partial charge in [0, 0.05) is 12.1 Å². The quantitative estimate of drug-likeness (QED) is 0.335. The van der Waals surface area contributed by atoms with Crippen molar-refractivity contribution in [3.63, 3.8) is 0 Å². The molecule has 4 rings (SSSR count). The molecule has 1 fully saturated rings. The fraction of sp³-hybridized carbons (Fsp3) is 0.360. The van der Waals surface area contributed by atoms with Crippen molar-refractivity contribution in [2.24, 2.45) is 0 Å². The van der Waals surface area contributed by atoms with Gasteiger partial charge in [0.25, 0.3) is 5.82 Å². The van der Waals surface area contributed by atoms with E-state index in [0.717, 1.165) is 28.8 Å². The van der Waals surface area contributed by atoms with Crippen LogP contribution in [0.1, 0.15) is 47.2 Å². The summed E-state index contributed by atoms with van der Waals surface area (Å²) in [5, 5.41) is 43.9. The van der Waals surface area contributed by atoms with Crippen LogP contribution in [0.5, 0.6) is 0 Å². The van der Waals surface area contributed by atoms with Crippen LogP contribution in [-0.4, -0.2) is 55.2 Å². The summed E-state index contributed by atoms with van der Waals surface area (Å²) in [6.07, 6.45) is 2.61. The normalized spacial score (nSPS) is 15.8. The van der Waals surface area contributed by atoms with E-state index in [2.05, 4.69) is 15.2 Å². The third kappa shape index (κ3) is 5.15. The Bertz CT molecular complexity index is 1160. The van der Waals surface area contributed by atoms with Crippen LogP contribution in [-0.2, 0) is 24.1 Å². The van der Waals surface area contributed by atoms with Gasteiger partial charge in [-0.05, 0) is 48.1 Å². The fourth-order valence-electron chi connectivity index (χ4n) is 4.04. The Morgan fingerprint density at radius 3 is 2.26 bits per heavy atom. The number of aliphatic hydroxyl groups excluding tert-OH is 2. The Hall–Kier alpha value is -3.58. The molecule has 2 aromatic carbocycles. The Labute approximate surface area is 197 Å². The second-order valence-electron chi connectivity index (χ2n) is 8.65. The first-order chi connectivity index (χ1) is 16.4. The Morgan fingerprint density at radius 1 is 1.03 bits per heavy atom. The first kappa shape index (κ1) is 23.6. The van der Waals surface area contributed by atoms with Gasteiger partial charge in [0.1, 0.15) is 17.5 Å². The standard InChI is InChI=1S/C25H27N5O4/c26-14-23-27-22(28-29-23)10-5-17-3-8-20(9-4-17)30-21(13-24(30)33)19-6-1-18(2-7-19)11-12-25(34,15-31)16-32/h1-4,6-9,21,31-32,34H,5,10-13,15-16H2,(H,27,28,29). The molecule has 1 amide bonds. The van der Waals surface area contributed by atoms with Crippen molar-refractivity contribution in [3.05, 3.63) is 76.9 Å². The fourth-order valence-corrected chi connectivity index (χ4v) is 4.04. The van der Waals surface area contributed by atoms with Crippen LogP contribution in [0, 0.1) is 11.3 Å². The summed E-state index contributed by atoms with van der Waals surface area (Å²) in [6.45, 7) is -0.969. The van der Waals surface area contributed by atoms with Gasteiger partial charge in [-0.2, -0.15) is 5.26 Å². The summed E-state index contributed by atoms with van der Waals surface area (Å²) in [6, 6.07) is 17.6. The number of carbonyl (C=O) groups is 1. The molecule has 2 heterocycles. The maximum atomic E-state index is 12.4. The molecule has 9 heteroatoms. The van der Waals surface area contributed by atoms with E-state index in [0.29, 0.717) is 25.1 Å². The van der Waals surface area contributed by atoms with Gasteiger partial charge in [-0.15, -0.1) is 5.10 Å². The molecule has 1 atom stereocenters. The third-order valence-electron chi connectivity index (χ3n) is 6.28. The van der Waals surface area contributed by atoms with Gasteiger partial charge in [0.15, 0.2) is 0 Å². The van der Waals surface area contributed by atoms with Gasteiger partial charge in [-0.25, -0.2) is 4.98 Å². The lowest BCUT2D eigenvalue weighted by Gasteiger charge is -2.41. The van der Waals surface area contributed by atoms with Crippen LogP contribution >= 0.6 is 0 Å². The number of hydrogen-bond donors (Lipinski definition) is 4. The smallest absolute Gasteiger partial charge is 0.252 e. The van der Waals surface area contributed by atoms with Gasteiger partial charge in [0.2, 0.25) is 5.91 Å². The maximum Gasteiger partial charge on any atom is 0.252 e. The monoisotopic (exact) mass is 461 g/mol. The van der Waals surface area contributed by atoms with E-state index in [9.17, 15) is 20.1 Å². The average Bonchev–Trinajstić information content (AvgIpc) is 3.34. The molecular formula is C25H27N5O4. The zero-order valence-electron chi connectivity index (χ0n) is 18.7. The van der Waals surface area contributed by atoms with Crippen molar-refractivity contribution >= 4 is 11.6 Å². The second kappa shape index (κ2) is 10.1. The van der Waals surface area contributed by atoms with Crippen molar-refractivity contribution in [1.29, 1.82) is 5.26 Å². The zero-order valence-corrected chi connectivity index (χ0v) is 18.7. The molecule has 3 aromatic rings. The molecule has 1 aromatic heterocycles. The Kier molecular flexibility index (Phi) is 7.03. The topological polar surface area (TPSA) is 146 Å². The van der Waals surface area contributed by atoms with Gasteiger partial charge in [0.05, 0.1) is 25.7 Å². The zero-order chi connectivity index (χ0) is 24.1. The number of aliphatic hydroxyl groups is 3. The van der Waals surface area contributed by atoms with Gasteiger partial charge < -0.3 is 20.2 Å². The summed E-state index contributed by atoms with van der Waals surface area (Å²) in [7, 11) is 0. The summed E-state index contributed by atoms with van der Waals surface area (Å²) in [5.41, 5.74) is 2.48. The summed E-state index contributed by atoms with van der Waals surface area (Å²) >= 11 is 0. The number of hydrogen-bond acceptors (Lipinski definition) is 7. The van der Waals surface area contributed by atoms with Crippen LogP contribution in [0.4, 0.5) is 5.69 Å². The lowest BCUT2D eigenvalue weighted by molar-refractivity contribution is -0.124. The molecule has 34 heavy (non-hydrogen) atoms. The number of carbonyl (C=O) groups excluding carboxylic acids is 1. The van der Waals surface area contributed by atoms with E-state index in [-0.39, 0.29) is 24.2 Å². The number of amides is 1. The Balaban J connectivity index is 1.37. The van der Waals surface area contributed by atoms with Crippen molar-refractivity contribution < 1.29 is 20.1 Å². The highest BCUT2D eigenvalue weighted by molar-refractivity contribution is 6.01. The van der Waals surface area contributed by atoms with Crippen LogP contribution in [0.15, 0.2) is 48.5 Å². The minimum Gasteiger partial charge on any atom is -0.393 e. The number of nitrogens with one attached hydrogen (secondary N) is 1. The average molecular weight is 462 g/mol. The van der Waals surface area contributed by atoms with E-state index in [1.807, 2.05) is 54.6 Å². The Morgan fingerprint density at radius 2 is 1.68 bits per heavy atom. The van der Waals surface area contributed by atoms with E-state index < -0.39 is 18.8 Å². The summed E-state index contributed by atoms with van der Waals surface area (Å²) in [5.74, 6) is 0.875. The van der Waals surface area contributed by atoms with Crippen molar-refractivity contribution in [1.82, 2.24) is 15.2 Å². The largest absolute Gasteiger partial charge is 0.393 e. The molecule has 1 saturated heterocycles. The number of nitrogens with zero attached hydrogens (tertiary/aromatic N) is 4. The lowest BCUT2D eigenvalue weighted by Crippen LogP contribution is -2.46. The van der Waals surface area contributed by atoms with Gasteiger partial charge in [-0.3, -0.25) is 9.89 Å². The lowest BCUT2D eigenvalue weighted by atomic mass is 9.91. The van der Waals surface area contributed by atoms with Crippen molar-refractivity contribution in [3.8, 4) is 6.07 Å². The van der Waals surface area contributed by atoms with E-state index >= 15 is 0 Å². The number of H-pyrrole nitrogens is 1. The maximum absolute atomic E-state index is 12.4. The van der Waals surface area contributed by atoms with Crippen LogP contribution in [0.25, 0.3) is 0 Å². The molecule has 1 aliphatic heterocycles. The molecule has 176 valence electrons. The number of aromatic nitrogens is 3. The summed E-state index contributed by atoms with van der Waals surface area (Å²) < 4.78 is 0. The van der Waals surface area contributed by atoms with Crippen molar-refractivity contribution in [2.45, 2.75) is 43.7 Å². The SMILES string of the molecule is N#Cc1n[nH]c(CCc2ccc(N3C(=O)CC3c3ccc(CCC(O)(CO)CO)cc3)cc2)n1.